The number of aliphatic carboxylic acids is 1. The Hall–Kier alpha value is -0.610. The van der Waals surface area contributed by atoms with E-state index in [0.717, 1.165) is 6.42 Å². The third-order valence-corrected chi connectivity index (χ3v) is 3.96. The number of carbonyl (C=O) groups is 1. The molecule has 0 bridgehead atoms. The minimum Gasteiger partial charge on any atom is -0.481 e. The molecule has 100 valence electrons. The maximum atomic E-state index is 11.1. The van der Waals surface area contributed by atoms with E-state index in [1.165, 1.54) is 19.3 Å². The first-order valence-corrected chi connectivity index (χ1v) is 6.52. The summed E-state index contributed by atoms with van der Waals surface area (Å²) in [5.41, 5.74) is 5.12. The predicted octanol–water partition coefficient (Wildman–Crippen LogP) is 1.55. The molecule has 0 aromatic heterocycles. The van der Waals surface area contributed by atoms with Gasteiger partial charge in [0.15, 0.2) is 0 Å². The summed E-state index contributed by atoms with van der Waals surface area (Å²) >= 11 is 0. The van der Waals surface area contributed by atoms with Crippen LogP contribution < -0.4 is 5.73 Å². The van der Waals surface area contributed by atoms with Crippen LogP contribution in [0.3, 0.4) is 0 Å². The van der Waals surface area contributed by atoms with Crippen molar-refractivity contribution < 1.29 is 9.90 Å². The van der Waals surface area contributed by atoms with Crippen LogP contribution in [0.15, 0.2) is 0 Å². The van der Waals surface area contributed by atoms with Crippen LogP contribution in [0, 0.1) is 11.3 Å². The molecule has 0 radical (unpaired) electrons. The summed E-state index contributed by atoms with van der Waals surface area (Å²) in [6, 6.07) is 0.451. The van der Waals surface area contributed by atoms with Crippen LogP contribution in [0.1, 0.15) is 39.5 Å². The first kappa shape index (κ1) is 14.5. The summed E-state index contributed by atoms with van der Waals surface area (Å²) in [6.45, 7) is 4.87. The second-order valence-electron chi connectivity index (χ2n) is 5.95. The van der Waals surface area contributed by atoms with Crippen LogP contribution in [0.25, 0.3) is 0 Å². The lowest BCUT2D eigenvalue weighted by Crippen LogP contribution is -2.48. The molecule has 0 heterocycles. The molecule has 1 rings (SSSR count). The van der Waals surface area contributed by atoms with Gasteiger partial charge in [-0.2, -0.15) is 0 Å². The van der Waals surface area contributed by atoms with Gasteiger partial charge in [0.1, 0.15) is 0 Å². The maximum absolute atomic E-state index is 11.1. The second kappa shape index (κ2) is 5.83. The highest BCUT2D eigenvalue weighted by Gasteiger charge is 2.34. The molecule has 2 unspecified atom stereocenters. The van der Waals surface area contributed by atoms with Crippen molar-refractivity contribution in [1.82, 2.24) is 4.90 Å². The lowest BCUT2D eigenvalue weighted by Gasteiger charge is -2.40. The monoisotopic (exact) mass is 242 g/mol. The van der Waals surface area contributed by atoms with Gasteiger partial charge in [0.05, 0.1) is 5.41 Å². The van der Waals surface area contributed by atoms with E-state index in [-0.39, 0.29) is 0 Å². The van der Waals surface area contributed by atoms with Crippen LogP contribution in [-0.2, 0) is 4.79 Å². The standard InChI is InChI=1S/C13H26N2O2/c1-13(2,12(16)17)9-15(3)11-7-5-4-6-10(11)8-14/h10-11H,4-9,14H2,1-3H3,(H,16,17). The summed E-state index contributed by atoms with van der Waals surface area (Å²) in [4.78, 5) is 13.3. The molecule has 1 saturated carbocycles. The Morgan fingerprint density at radius 2 is 2.00 bits per heavy atom. The molecular formula is C13H26N2O2. The SMILES string of the molecule is CN(CC(C)(C)C(=O)O)C1CCCCC1CN. The first-order valence-electron chi connectivity index (χ1n) is 6.52. The molecule has 0 spiro atoms. The molecule has 4 heteroatoms. The Balaban J connectivity index is 2.61. The van der Waals surface area contributed by atoms with Crippen LogP contribution in [-0.4, -0.2) is 42.2 Å². The van der Waals surface area contributed by atoms with E-state index in [1.54, 1.807) is 13.8 Å². The minimum atomic E-state index is -0.732. The summed E-state index contributed by atoms with van der Waals surface area (Å²) in [7, 11) is 2.03. The van der Waals surface area contributed by atoms with E-state index in [4.69, 9.17) is 10.8 Å². The molecular weight excluding hydrogens is 216 g/mol. The summed E-state index contributed by atoms with van der Waals surface area (Å²) in [5, 5.41) is 9.16. The van der Waals surface area contributed by atoms with Crippen molar-refractivity contribution in [3.05, 3.63) is 0 Å². The van der Waals surface area contributed by atoms with Gasteiger partial charge in [-0.25, -0.2) is 0 Å². The predicted molar refractivity (Wildman–Crippen MR) is 68.8 cm³/mol. The van der Waals surface area contributed by atoms with Gasteiger partial charge < -0.3 is 15.7 Å². The average molecular weight is 242 g/mol. The van der Waals surface area contributed by atoms with Gasteiger partial charge in [-0.15, -0.1) is 0 Å². The van der Waals surface area contributed by atoms with Crippen molar-refractivity contribution in [2.45, 2.75) is 45.6 Å². The Labute approximate surface area is 104 Å². The van der Waals surface area contributed by atoms with Gasteiger partial charge in [-0.3, -0.25) is 4.79 Å². The zero-order valence-electron chi connectivity index (χ0n) is 11.3. The fourth-order valence-corrected chi connectivity index (χ4v) is 2.85. The summed E-state index contributed by atoms with van der Waals surface area (Å²) in [6.07, 6.45) is 4.82. The number of carboxylic acids is 1. The lowest BCUT2D eigenvalue weighted by molar-refractivity contribution is -0.148. The minimum absolute atomic E-state index is 0.451. The van der Waals surface area contributed by atoms with Crippen LogP contribution in [0.5, 0.6) is 0 Å². The van der Waals surface area contributed by atoms with Crippen LogP contribution >= 0.6 is 0 Å². The smallest absolute Gasteiger partial charge is 0.310 e. The molecule has 1 aliphatic rings. The van der Waals surface area contributed by atoms with Crippen LogP contribution in [0.4, 0.5) is 0 Å². The highest BCUT2D eigenvalue weighted by Crippen LogP contribution is 2.29. The maximum Gasteiger partial charge on any atom is 0.310 e. The second-order valence-corrected chi connectivity index (χ2v) is 5.95. The van der Waals surface area contributed by atoms with Gasteiger partial charge in [0.2, 0.25) is 0 Å². The third-order valence-electron chi connectivity index (χ3n) is 3.96. The molecule has 0 aliphatic heterocycles. The number of rotatable bonds is 5. The summed E-state index contributed by atoms with van der Waals surface area (Å²) < 4.78 is 0. The van der Waals surface area contributed by atoms with Gasteiger partial charge in [-0.05, 0) is 46.2 Å². The van der Waals surface area contributed by atoms with Crippen molar-refractivity contribution in [2.75, 3.05) is 20.1 Å². The molecule has 0 aromatic rings. The Kier molecular flexibility index (Phi) is 4.95. The molecule has 2 atom stereocenters. The van der Waals surface area contributed by atoms with Gasteiger partial charge >= 0.3 is 5.97 Å². The quantitative estimate of drug-likeness (QED) is 0.767. The number of hydrogen-bond donors (Lipinski definition) is 2. The van der Waals surface area contributed by atoms with Gasteiger partial charge in [0.25, 0.3) is 0 Å². The molecule has 17 heavy (non-hydrogen) atoms. The van der Waals surface area contributed by atoms with Crippen molar-refractivity contribution in [2.24, 2.45) is 17.1 Å². The van der Waals surface area contributed by atoms with E-state index in [0.29, 0.717) is 25.0 Å². The normalized spacial score (nSPS) is 26.2. The number of nitrogens with two attached hydrogens (primary N) is 1. The Morgan fingerprint density at radius 3 is 2.53 bits per heavy atom. The molecule has 1 aliphatic carbocycles. The third kappa shape index (κ3) is 3.68. The first-order chi connectivity index (χ1) is 7.88. The zero-order chi connectivity index (χ0) is 13.1. The molecule has 0 saturated heterocycles. The van der Waals surface area contributed by atoms with E-state index in [9.17, 15) is 4.79 Å². The topological polar surface area (TPSA) is 66.6 Å². The van der Waals surface area contributed by atoms with Crippen molar-refractivity contribution in [3.8, 4) is 0 Å². The summed E-state index contributed by atoms with van der Waals surface area (Å²) in [5.74, 6) is -0.206. The number of nitrogens with zero attached hydrogens (tertiary/aromatic N) is 1. The van der Waals surface area contributed by atoms with E-state index < -0.39 is 11.4 Å². The highest BCUT2D eigenvalue weighted by molar-refractivity contribution is 5.73. The molecule has 0 amide bonds. The van der Waals surface area contributed by atoms with E-state index in [2.05, 4.69) is 4.90 Å². The van der Waals surface area contributed by atoms with E-state index >= 15 is 0 Å². The molecule has 4 nitrogen and oxygen atoms in total. The molecule has 1 fully saturated rings. The highest BCUT2D eigenvalue weighted by atomic mass is 16.4. The number of carboxylic acid groups (broad SMARTS) is 1. The van der Waals surface area contributed by atoms with E-state index in [1.807, 2.05) is 7.05 Å². The molecule has 3 N–H and O–H groups in total. The Morgan fingerprint density at radius 1 is 1.41 bits per heavy atom. The van der Waals surface area contributed by atoms with Crippen molar-refractivity contribution >= 4 is 5.97 Å². The average Bonchev–Trinajstić information content (AvgIpc) is 2.28. The largest absolute Gasteiger partial charge is 0.481 e. The van der Waals surface area contributed by atoms with Crippen LogP contribution in [0.2, 0.25) is 0 Å². The zero-order valence-corrected chi connectivity index (χ0v) is 11.3. The van der Waals surface area contributed by atoms with Gasteiger partial charge in [-0.1, -0.05) is 12.8 Å². The number of hydrogen-bond acceptors (Lipinski definition) is 3. The van der Waals surface area contributed by atoms with Crippen molar-refractivity contribution in [3.63, 3.8) is 0 Å². The fourth-order valence-electron chi connectivity index (χ4n) is 2.85. The lowest BCUT2D eigenvalue weighted by atomic mass is 9.82. The fraction of sp³-hybridized carbons (Fsp3) is 0.923. The molecule has 0 aromatic carbocycles. The Bertz CT molecular complexity index is 266. The van der Waals surface area contributed by atoms with Crippen molar-refractivity contribution in [1.29, 1.82) is 0 Å². The van der Waals surface area contributed by atoms with Gasteiger partial charge in [0, 0.05) is 12.6 Å².